The third-order valence-corrected chi connectivity index (χ3v) is 4.05. The number of rotatable bonds is 5. The number of nitriles is 1. The first-order valence-corrected chi connectivity index (χ1v) is 8.44. The van der Waals surface area contributed by atoms with E-state index in [-0.39, 0.29) is 6.04 Å². The highest BCUT2D eigenvalue weighted by Crippen LogP contribution is 2.22. The number of hydrogen-bond acceptors (Lipinski definition) is 7. The summed E-state index contributed by atoms with van der Waals surface area (Å²) in [5.74, 6) is 1.83. The van der Waals surface area contributed by atoms with Crippen LogP contribution in [0.25, 0.3) is 10.9 Å². The number of fused-ring (bicyclic) bond motifs is 1. The fraction of sp³-hybridized carbons (Fsp3) is 0.529. The third-order valence-electron chi connectivity index (χ3n) is 4.05. The Morgan fingerprint density at radius 2 is 2.29 bits per heavy atom. The summed E-state index contributed by atoms with van der Waals surface area (Å²) in [6.45, 7) is 7.06. The van der Waals surface area contributed by atoms with Gasteiger partial charge in [-0.15, -0.1) is 0 Å². The summed E-state index contributed by atoms with van der Waals surface area (Å²) in [7, 11) is 0. The Hall–Kier alpha value is -2.46. The maximum Gasteiger partial charge on any atom is 0.223 e. The van der Waals surface area contributed by atoms with Gasteiger partial charge in [0.2, 0.25) is 5.95 Å². The normalized spacial score (nSPS) is 17.7. The minimum Gasteiger partial charge on any atom is -0.366 e. The quantitative estimate of drug-likeness (QED) is 0.774. The largest absolute Gasteiger partial charge is 0.366 e. The van der Waals surface area contributed by atoms with Gasteiger partial charge in [-0.3, -0.25) is 0 Å². The molecule has 1 fully saturated rings. The second-order valence-corrected chi connectivity index (χ2v) is 6.49. The van der Waals surface area contributed by atoms with Crippen molar-refractivity contribution in [2.45, 2.75) is 32.7 Å². The van der Waals surface area contributed by atoms with Crippen molar-refractivity contribution in [3.63, 3.8) is 0 Å². The van der Waals surface area contributed by atoms with Crippen LogP contribution in [0.1, 0.15) is 32.4 Å². The fourth-order valence-electron chi connectivity index (χ4n) is 2.89. The summed E-state index contributed by atoms with van der Waals surface area (Å²) in [4.78, 5) is 13.3. The molecule has 0 radical (unpaired) electrons. The molecule has 0 aliphatic carbocycles. The standard InChI is InChI=1S/C17H23N7/c1-11(2)22-16-15-13(6-14(7-18)23-16)10-21-17(24-15)20-9-12-4-3-5-19-8-12/h6,10-12,19H,3-5,8-9H2,1-2H3,(H,22,23)(H,20,21,24). The van der Waals surface area contributed by atoms with Crippen LogP contribution < -0.4 is 16.0 Å². The van der Waals surface area contributed by atoms with Gasteiger partial charge in [-0.05, 0) is 51.8 Å². The Morgan fingerprint density at radius 3 is 3.00 bits per heavy atom. The first-order valence-electron chi connectivity index (χ1n) is 8.44. The van der Waals surface area contributed by atoms with Gasteiger partial charge in [0, 0.05) is 24.2 Å². The van der Waals surface area contributed by atoms with Gasteiger partial charge in [-0.2, -0.15) is 5.26 Å². The van der Waals surface area contributed by atoms with Crippen molar-refractivity contribution in [1.82, 2.24) is 20.3 Å². The van der Waals surface area contributed by atoms with E-state index in [0.717, 1.165) is 30.5 Å². The van der Waals surface area contributed by atoms with E-state index in [1.54, 1.807) is 12.3 Å². The minimum atomic E-state index is 0.203. The lowest BCUT2D eigenvalue weighted by molar-refractivity contribution is 0.392. The van der Waals surface area contributed by atoms with Crippen molar-refractivity contribution in [3.8, 4) is 6.07 Å². The zero-order chi connectivity index (χ0) is 16.9. The predicted molar refractivity (Wildman–Crippen MR) is 94.9 cm³/mol. The minimum absolute atomic E-state index is 0.203. The summed E-state index contributed by atoms with van der Waals surface area (Å²) < 4.78 is 0. The molecule has 3 N–H and O–H groups in total. The molecule has 1 unspecified atom stereocenters. The van der Waals surface area contributed by atoms with Crippen molar-refractivity contribution in [2.75, 3.05) is 30.3 Å². The maximum atomic E-state index is 9.14. The van der Waals surface area contributed by atoms with Gasteiger partial charge < -0.3 is 16.0 Å². The number of aromatic nitrogens is 3. The summed E-state index contributed by atoms with van der Waals surface area (Å²) in [5, 5.41) is 20.0. The number of nitrogens with zero attached hydrogens (tertiary/aromatic N) is 4. The molecule has 7 nitrogen and oxygen atoms in total. The Morgan fingerprint density at radius 1 is 1.42 bits per heavy atom. The van der Waals surface area contributed by atoms with Gasteiger partial charge in [0.15, 0.2) is 5.82 Å². The van der Waals surface area contributed by atoms with E-state index in [0.29, 0.717) is 23.4 Å². The maximum absolute atomic E-state index is 9.14. The summed E-state index contributed by atoms with van der Waals surface area (Å²) in [6.07, 6.45) is 4.19. The van der Waals surface area contributed by atoms with E-state index in [1.165, 1.54) is 12.8 Å². The second-order valence-electron chi connectivity index (χ2n) is 6.49. The molecule has 2 aromatic heterocycles. The van der Waals surface area contributed by atoms with Crippen LogP contribution in [-0.4, -0.2) is 40.6 Å². The summed E-state index contributed by atoms with van der Waals surface area (Å²) >= 11 is 0. The SMILES string of the molecule is CC(C)Nc1nc(C#N)cc2cnc(NCC3CCCNC3)nc12. The molecule has 3 rings (SSSR count). The molecule has 0 aromatic carbocycles. The average molecular weight is 325 g/mol. The lowest BCUT2D eigenvalue weighted by Gasteiger charge is -2.22. The predicted octanol–water partition coefficient (Wildman–Crippen LogP) is 2.13. The Kier molecular flexibility index (Phi) is 5.06. The van der Waals surface area contributed by atoms with Crippen LogP contribution in [-0.2, 0) is 0 Å². The Balaban J connectivity index is 1.84. The van der Waals surface area contributed by atoms with E-state index in [4.69, 9.17) is 5.26 Å². The monoisotopic (exact) mass is 325 g/mol. The molecule has 2 aromatic rings. The molecule has 24 heavy (non-hydrogen) atoms. The molecule has 0 amide bonds. The number of piperidine rings is 1. The van der Waals surface area contributed by atoms with Gasteiger partial charge >= 0.3 is 0 Å². The van der Waals surface area contributed by atoms with Crippen LogP contribution in [0.3, 0.4) is 0 Å². The molecule has 1 aliphatic rings. The highest BCUT2D eigenvalue weighted by molar-refractivity contribution is 5.89. The Labute approximate surface area is 141 Å². The van der Waals surface area contributed by atoms with Crippen molar-refractivity contribution in [1.29, 1.82) is 5.26 Å². The van der Waals surface area contributed by atoms with Gasteiger partial charge in [-0.25, -0.2) is 15.0 Å². The molecule has 0 spiro atoms. The van der Waals surface area contributed by atoms with Crippen molar-refractivity contribution < 1.29 is 0 Å². The van der Waals surface area contributed by atoms with E-state index < -0.39 is 0 Å². The average Bonchev–Trinajstić information content (AvgIpc) is 2.60. The van der Waals surface area contributed by atoms with Crippen molar-refractivity contribution in [2.24, 2.45) is 5.92 Å². The van der Waals surface area contributed by atoms with Crippen LogP contribution in [0.2, 0.25) is 0 Å². The third kappa shape index (κ3) is 3.89. The number of nitrogens with one attached hydrogen (secondary N) is 3. The molecular weight excluding hydrogens is 302 g/mol. The first-order chi connectivity index (χ1) is 11.7. The Bertz CT molecular complexity index is 744. The topological polar surface area (TPSA) is 98.5 Å². The zero-order valence-corrected chi connectivity index (χ0v) is 14.1. The highest BCUT2D eigenvalue weighted by Gasteiger charge is 2.14. The van der Waals surface area contributed by atoms with Gasteiger partial charge in [0.25, 0.3) is 0 Å². The molecule has 0 bridgehead atoms. The molecule has 1 saturated heterocycles. The van der Waals surface area contributed by atoms with E-state index in [1.807, 2.05) is 13.8 Å². The van der Waals surface area contributed by atoms with Gasteiger partial charge in [0.05, 0.1) is 0 Å². The molecule has 0 saturated carbocycles. The number of anilines is 2. The van der Waals surface area contributed by atoms with Crippen molar-refractivity contribution in [3.05, 3.63) is 18.0 Å². The van der Waals surface area contributed by atoms with Crippen molar-refractivity contribution >= 4 is 22.7 Å². The van der Waals surface area contributed by atoms with E-state index in [2.05, 4.69) is 37.0 Å². The van der Waals surface area contributed by atoms with Crippen LogP contribution in [0.5, 0.6) is 0 Å². The second kappa shape index (κ2) is 7.41. The van der Waals surface area contributed by atoms with E-state index >= 15 is 0 Å². The lowest BCUT2D eigenvalue weighted by atomic mass is 10.00. The summed E-state index contributed by atoms with van der Waals surface area (Å²) in [5.41, 5.74) is 1.10. The molecule has 1 aliphatic heterocycles. The molecule has 1 atom stereocenters. The van der Waals surface area contributed by atoms with E-state index in [9.17, 15) is 0 Å². The molecular formula is C17H23N7. The zero-order valence-electron chi connectivity index (χ0n) is 14.1. The highest BCUT2D eigenvalue weighted by atomic mass is 15.1. The first kappa shape index (κ1) is 16.4. The smallest absolute Gasteiger partial charge is 0.223 e. The molecule has 7 heteroatoms. The number of hydrogen-bond donors (Lipinski definition) is 3. The molecule has 126 valence electrons. The number of pyridine rings is 1. The molecule has 3 heterocycles. The van der Waals surface area contributed by atoms with Crippen LogP contribution in [0, 0.1) is 17.2 Å². The van der Waals surface area contributed by atoms with Crippen LogP contribution in [0.15, 0.2) is 12.3 Å². The fourth-order valence-corrected chi connectivity index (χ4v) is 2.89. The van der Waals surface area contributed by atoms with Gasteiger partial charge in [-0.1, -0.05) is 0 Å². The lowest BCUT2D eigenvalue weighted by Crippen LogP contribution is -2.33. The summed E-state index contributed by atoms with van der Waals surface area (Å²) in [6, 6.07) is 4.01. The van der Waals surface area contributed by atoms with Gasteiger partial charge in [0.1, 0.15) is 17.3 Å². The van der Waals surface area contributed by atoms with Crippen LogP contribution >= 0.6 is 0 Å². The van der Waals surface area contributed by atoms with Crippen LogP contribution in [0.4, 0.5) is 11.8 Å².